The Balaban J connectivity index is 2.59. The molecule has 3 nitrogen and oxygen atoms in total. The second-order valence-electron chi connectivity index (χ2n) is 4.64. The molecule has 0 aliphatic heterocycles. The molecular weight excluding hydrogens is 164 g/mol. The van der Waals surface area contributed by atoms with Crippen molar-refractivity contribution in [2.45, 2.75) is 27.7 Å². The molecule has 0 unspecified atom stereocenters. The van der Waals surface area contributed by atoms with Crippen LogP contribution in [0.3, 0.4) is 0 Å². The first-order valence-corrected chi connectivity index (χ1v) is 4.51. The van der Waals surface area contributed by atoms with Crippen LogP contribution < -0.4 is 4.74 Å². The molecule has 0 aromatic carbocycles. The summed E-state index contributed by atoms with van der Waals surface area (Å²) < 4.78 is 7.36. The van der Waals surface area contributed by atoms with Crippen LogP contribution in [0, 0.1) is 12.3 Å². The first-order valence-electron chi connectivity index (χ1n) is 4.51. The van der Waals surface area contributed by atoms with Crippen LogP contribution in [-0.4, -0.2) is 16.4 Å². The van der Waals surface area contributed by atoms with Gasteiger partial charge in [0.05, 0.1) is 6.61 Å². The monoisotopic (exact) mass is 182 g/mol. The van der Waals surface area contributed by atoms with Gasteiger partial charge in [0, 0.05) is 18.8 Å². The number of aromatic nitrogens is 2. The number of hydrogen-bond donors (Lipinski definition) is 0. The second-order valence-corrected chi connectivity index (χ2v) is 4.64. The smallest absolute Gasteiger partial charge is 0.235 e. The Bertz CT molecular complexity index is 284. The van der Waals surface area contributed by atoms with Crippen molar-refractivity contribution in [3.05, 3.63) is 11.8 Å². The summed E-state index contributed by atoms with van der Waals surface area (Å²) in [6.45, 7) is 9.14. The lowest BCUT2D eigenvalue weighted by Crippen LogP contribution is -2.17. The molecule has 0 aliphatic rings. The van der Waals surface area contributed by atoms with Gasteiger partial charge in [-0.15, -0.1) is 5.10 Å². The van der Waals surface area contributed by atoms with Gasteiger partial charge >= 0.3 is 0 Å². The van der Waals surface area contributed by atoms with E-state index in [0.29, 0.717) is 6.61 Å². The van der Waals surface area contributed by atoms with Crippen molar-refractivity contribution in [3.8, 4) is 5.88 Å². The molecule has 74 valence electrons. The minimum atomic E-state index is 0.184. The lowest BCUT2D eigenvalue weighted by molar-refractivity contribution is 0.189. The van der Waals surface area contributed by atoms with Gasteiger partial charge in [-0.25, -0.2) is 0 Å². The maximum absolute atomic E-state index is 5.59. The third-order valence-electron chi connectivity index (χ3n) is 1.61. The first kappa shape index (κ1) is 10.1. The Labute approximate surface area is 79.7 Å². The molecule has 1 rings (SSSR count). The molecule has 0 aliphatic carbocycles. The van der Waals surface area contributed by atoms with Crippen LogP contribution in [0.5, 0.6) is 5.88 Å². The van der Waals surface area contributed by atoms with Crippen LogP contribution in [0.15, 0.2) is 6.20 Å². The summed E-state index contributed by atoms with van der Waals surface area (Å²) in [5.41, 5.74) is 1.27. The minimum Gasteiger partial charge on any atom is -0.476 e. The molecule has 0 bridgehead atoms. The van der Waals surface area contributed by atoms with Gasteiger partial charge in [0.25, 0.3) is 0 Å². The predicted molar refractivity (Wildman–Crippen MR) is 52.9 cm³/mol. The number of rotatable bonds is 2. The molecule has 1 aromatic rings. The van der Waals surface area contributed by atoms with E-state index >= 15 is 0 Å². The van der Waals surface area contributed by atoms with Crippen LogP contribution in [-0.2, 0) is 7.05 Å². The maximum Gasteiger partial charge on any atom is 0.235 e. The number of ether oxygens (including phenoxy) is 1. The normalized spacial score (nSPS) is 11.8. The average Bonchev–Trinajstić information content (AvgIpc) is 2.24. The lowest BCUT2D eigenvalue weighted by Gasteiger charge is -2.17. The summed E-state index contributed by atoms with van der Waals surface area (Å²) in [6, 6.07) is 0. The molecule has 13 heavy (non-hydrogen) atoms. The van der Waals surface area contributed by atoms with Crippen molar-refractivity contribution in [1.29, 1.82) is 0 Å². The van der Waals surface area contributed by atoms with Crippen molar-refractivity contribution < 1.29 is 4.74 Å². The van der Waals surface area contributed by atoms with Gasteiger partial charge in [-0.1, -0.05) is 20.8 Å². The second kappa shape index (κ2) is 3.40. The van der Waals surface area contributed by atoms with Crippen molar-refractivity contribution in [1.82, 2.24) is 9.78 Å². The number of aryl methyl sites for hydroxylation is 2. The maximum atomic E-state index is 5.59. The van der Waals surface area contributed by atoms with Gasteiger partial charge in [-0.2, -0.15) is 0 Å². The third kappa shape index (κ3) is 3.09. The fourth-order valence-corrected chi connectivity index (χ4v) is 1.01. The Morgan fingerprint density at radius 3 is 2.46 bits per heavy atom. The van der Waals surface area contributed by atoms with E-state index in [9.17, 15) is 0 Å². The van der Waals surface area contributed by atoms with Crippen LogP contribution in [0.4, 0.5) is 0 Å². The van der Waals surface area contributed by atoms with E-state index in [1.807, 2.05) is 20.2 Å². The summed E-state index contributed by atoms with van der Waals surface area (Å²) in [5, 5.41) is 4.21. The molecular formula is C10H18N2O. The highest BCUT2D eigenvalue weighted by molar-refractivity contribution is 5.20. The molecule has 0 N–H and O–H groups in total. The fourth-order valence-electron chi connectivity index (χ4n) is 1.01. The first-order chi connectivity index (χ1) is 5.88. The van der Waals surface area contributed by atoms with E-state index in [4.69, 9.17) is 4.74 Å². The zero-order valence-corrected chi connectivity index (χ0v) is 9.09. The standard InChI is InChI=1S/C10H18N2O/c1-8-6-12(5)11-9(8)13-7-10(2,3)4/h6H,7H2,1-5H3. The molecule has 3 heteroatoms. The van der Waals surface area contributed by atoms with Crippen molar-refractivity contribution in [3.63, 3.8) is 0 Å². The predicted octanol–water partition coefficient (Wildman–Crippen LogP) is 2.15. The number of nitrogens with zero attached hydrogens (tertiary/aromatic N) is 2. The summed E-state index contributed by atoms with van der Waals surface area (Å²) >= 11 is 0. The van der Waals surface area contributed by atoms with Gasteiger partial charge in [0.15, 0.2) is 0 Å². The van der Waals surface area contributed by atoms with Gasteiger partial charge in [-0.05, 0) is 12.3 Å². The SMILES string of the molecule is Cc1cn(C)nc1OCC(C)(C)C. The quantitative estimate of drug-likeness (QED) is 0.700. The topological polar surface area (TPSA) is 27.1 Å². The highest BCUT2D eigenvalue weighted by Gasteiger charge is 2.13. The third-order valence-corrected chi connectivity index (χ3v) is 1.61. The summed E-state index contributed by atoms with van der Waals surface area (Å²) in [5.74, 6) is 0.748. The Morgan fingerprint density at radius 2 is 2.08 bits per heavy atom. The van der Waals surface area contributed by atoms with E-state index in [1.54, 1.807) is 4.68 Å². The van der Waals surface area contributed by atoms with Gasteiger partial charge in [-0.3, -0.25) is 4.68 Å². The van der Waals surface area contributed by atoms with Gasteiger partial charge in [0.2, 0.25) is 5.88 Å². The lowest BCUT2D eigenvalue weighted by atomic mass is 9.99. The van der Waals surface area contributed by atoms with Crippen molar-refractivity contribution in [2.24, 2.45) is 12.5 Å². The van der Waals surface area contributed by atoms with E-state index < -0.39 is 0 Å². The van der Waals surface area contributed by atoms with Crippen LogP contribution in [0.25, 0.3) is 0 Å². The van der Waals surface area contributed by atoms with Crippen molar-refractivity contribution >= 4 is 0 Å². The van der Waals surface area contributed by atoms with E-state index in [1.165, 1.54) is 0 Å². The zero-order valence-electron chi connectivity index (χ0n) is 9.09. The van der Waals surface area contributed by atoms with Crippen LogP contribution in [0.1, 0.15) is 26.3 Å². The van der Waals surface area contributed by atoms with Crippen LogP contribution in [0.2, 0.25) is 0 Å². The molecule has 1 heterocycles. The number of hydrogen-bond acceptors (Lipinski definition) is 2. The Kier molecular flexibility index (Phi) is 2.64. The fraction of sp³-hybridized carbons (Fsp3) is 0.700. The molecule has 1 aromatic heterocycles. The molecule has 0 saturated heterocycles. The summed E-state index contributed by atoms with van der Waals surface area (Å²) in [7, 11) is 1.90. The molecule has 0 spiro atoms. The Morgan fingerprint density at radius 1 is 1.46 bits per heavy atom. The minimum absolute atomic E-state index is 0.184. The van der Waals surface area contributed by atoms with E-state index in [-0.39, 0.29) is 5.41 Å². The van der Waals surface area contributed by atoms with Crippen molar-refractivity contribution in [2.75, 3.05) is 6.61 Å². The largest absolute Gasteiger partial charge is 0.476 e. The van der Waals surface area contributed by atoms with E-state index in [2.05, 4.69) is 25.9 Å². The molecule has 0 saturated carbocycles. The molecule has 0 fully saturated rings. The average molecular weight is 182 g/mol. The zero-order chi connectivity index (χ0) is 10.1. The molecule has 0 radical (unpaired) electrons. The van der Waals surface area contributed by atoms with Gasteiger partial charge in [0.1, 0.15) is 0 Å². The summed E-state index contributed by atoms with van der Waals surface area (Å²) in [4.78, 5) is 0. The molecule has 0 amide bonds. The van der Waals surface area contributed by atoms with Crippen LogP contribution >= 0.6 is 0 Å². The van der Waals surface area contributed by atoms with Gasteiger partial charge < -0.3 is 4.74 Å². The summed E-state index contributed by atoms with van der Waals surface area (Å²) in [6.07, 6.45) is 1.96. The molecule has 0 atom stereocenters. The Hall–Kier alpha value is -0.990. The highest BCUT2D eigenvalue weighted by Crippen LogP contribution is 2.18. The highest BCUT2D eigenvalue weighted by atomic mass is 16.5. The van der Waals surface area contributed by atoms with E-state index in [0.717, 1.165) is 11.4 Å².